The molecule has 128 valence electrons. The van der Waals surface area contributed by atoms with Gasteiger partial charge in [0.15, 0.2) is 0 Å². The Labute approximate surface area is 142 Å². The van der Waals surface area contributed by atoms with E-state index in [1.54, 1.807) is 24.3 Å². The van der Waals surface area contributed by atoms with Crippen LogP contribution in [0.2, 0.25) is 0 Å². The van der Waals surface area contributed by atoms with Gasteiger partial charge in [0.1, 0.15) is 12.7 Å². The van der Waals surface area contributed by atoms with Crippen molar-refractivity contribution in [1.29, 1.82) is 0 Å². The van der Waals surface area contributed by atoms with E-state index in [1.165, 1.54) is 0 Å². The van der Waals surface area contributed by atoms with Gasteiger partial charge in [-0.15, -0.1) is 10.2 Å². The summed E-state index contributed by atoms with van der Waals surface area (Å²) < 4.78 is 7.39. The Morgan fingerprint density at radius 2 is 1.88 bits per heavy atom. The van der Waals surface area contributed by atoms with Crippen LogP contribution < -0.4 is 5.32 Å². The number of nitrogens with one attached hydrogen (secondary N) is 1. The molecule has 1 aromatic carbocycles. The van der Waals surface area contributed by atoms with Crippen LogP contribution in [0.3, 0.4) is 0 Å². The number of carbonyl (C=O) groups excluding carboxylic acids is 1. The van der Waals surface area contributed by atoms with Crippen molar-refractivity contribution in [1.82, 2.24) is 20.1 Å². The van der Waals surface area contributed by atoms with Gasteiger partial charge in [-0.1, -0.05) is 13.8 Å². The van der Waals surface area contributed by atoms with Crippen molar-refractivity contribution in [3.8, 4) is 5.69 Å². The number of carbonyl (C=O) groups is 1. The predicted octanol–water partition coefficient (Wildman–Crippen LogP) is 2.59. The Morgan fingerprint density at radius 1 is 1.25 bits per heavy atom. The van der Waals surface area contributed by atoms with Crippen molar-refractivity contribution in [2.75, 3.05) is 7.11 Å². The lowest BCUT2D eigenvalue weighted by Gasteiger charge is -2.55. The summed E-state index contributed by atoms with van der Waals surface area (Å²) >= 11 is 0. The molecule has 1 aromatic heterocycles. The Bertz CT molecular complexity index is 678. The molecule has 1 fully saturated rings. The summed E-state index contributed by atoms with van der Waals surface area (Å²) in [7, 11) is 1.76. The predicted molar refractivity (Wildman–Crippen MR) is 91.0 cm³/mol. The molecule has 0 saturated heterocycles. The summed E-state index contributed by atoms with van der Waals surface area (Å²) in [6.45, 7) is 4.34. The summed E-state index contributed by atoms with van der Waals surface area (Å²) in [6, 6.07) is 7.61. The van der Waals surface area contributed by atoms with Gasteiger partial charge in [-0.05, 0) is 43.5 Å². The molecule has 1 heterocycles. The zero-order valence-corrected chi connectivity index (χ0v) is 14.4. The van der Waals surface area contributed by atoms with E-state index >= 15 is 0 Å². The molecule has 0 radical (unpaired) electrons. The third-order valence-electron chi connectivity index (χ3n) is 5.54. The first-order valence-corrected chi connectivity index (χ1v) is 8.43. The number of benzene rings is 1. The minimum absolute atomic E-state index is 0.0314. The van der Waals surface area contributed by atoms with Crippen molar-refractivity contribution in [3.05, 3.63) is 42.5 Å². The van der Waals surface area contributed by atoms with E-state index in [1.807, 2.05) is 24.3 Å². The molecule has 0 bridgehead atoms. The average Bonchev–Trinajstić information content (AvgIpc) is 3.14. The van der Waals surface area contributed by atoms with Crippen molar-refractivity contribution >= 4 is 5.91 Å². The van der Waals surface area contributed by atoms with Crippen LogP contribution in [0.5, 0.6) is 0 Å². The van der Waals surface area contributed by atoms with Gasteiger partial charge in [0.2, 0.25) is 0 Å². The molecule has 0 unspecified atom stereocenters. The molecule has 6 nitrogen and oxygen atoms in total. The van der Waals surface area contributed by atoms with Crippen LogP contribution >= 0.6 is 0 Å². The SMILES string of the molecule is CCC1(CC)[C@@H](NC(=O)c2ccc(-n3cnnc3)cc2)C[C@H]1OC. The number of rotatable bonds is 6. The molecule has 1 N–H and O–H groups in total. The number of ether oxygens (including phenoxy) is 1. The lowest BCUT2D eigenvalue weighted by atomic mass is 9.58. The highest BCUT2D eigenvalue weighted by Gasteiger charge is 2.53. The number of aromatic nitrogens is 3. The van der Waals surface area contributed by atoms with Gasteiger partial charge in [-0.25, -0.2) is 0 Å². The van der Waals surface area contributed by atoms with Gasteiger partial charge < -0.3 is 10.1 Å². The summed E-state index contributed by atoms with van der Waals surface area (Å²) in [5, 5.41) is 10.8. The first-order chi connectivity index (χ1) is 11.6. The third-order valence-corrected chi connectivity index (χ3v) is 5.54. The van der Waals surface area contributed by atoms with E-state index in [4.69, 9.17) is 4.74 Å². The van der Waals surface area contributed by atoms with Crippen molar-refractivity contribution in [2.24, 2.45) is 5.41 Å². The maximum absolute atomic E-state index is 12.6. The second-order valence-electron chi connectivity index (χ2n) is 6.34. The van der Waals surface area contributed by atoms with Crippen LogP contribution in [0.1, 0.15) is 43.5 Å². The molecule has 0 aliphatic heterocycles. The number of amides is 1. The Morgan fingerprint density at radius 3 is 2.42 bits per heavy atom. The van der Waals surface area contributed by atoms with Crippen LogP contribution in [0, 0.1) is 5.41 Å². The molecule has 2 aromatic rings. The van der Waals surface area contributed by atoms with E-state index in [-0.39, 0.29) is 23.5 Å². The molecular formula is C18H24N4O2. The Hall–Kier alpha value is -2.21. The smallest absolute Gasteiger partial charge is 0.251 e. The highest BCUT2D eigenvalue weighted by Crippen LogP contribution is 2.48. The fourth-order valence-corrected chi connectivity index (χ4v) is 3.84. The first kappa shape index (κ1) is 16.6. The number of hydrogen-bond acceptors (Lipinski definition) is 4. The summed E-state index contributed by atoms with van der Waals surface area (Å²) in [5.41, 5.74) is 1.64. The van der Waals surface area contributed by atoms with Crippen LogP contribution in [0.15, 0.2) is 36.9 Å². The maximum atomic E-state index is 12.6. The van der Waals surface area contributed by atoms with Crippen LogP contribution in [0.4, 0.5) is 0 Å². The number of methoxy groups -OCH3 is 1. The second-order valence-corrected chi connectivity index (χ2v) is 6.34. The van der Waals surface area contributed by atoms with Crippen molar-refractivity contribution < 1.29 is 9.53 Å². The topological polar surface area (TPSA) is 69.0 Å². The van der Waals surface area contributed by atoms with E-state index in [9.17, 15) is 4.79 Å². The van der Waals surface area contributed by atoms with E-state index in [0.29, 0.717) is 5.56 Å². The van der Waals surface area contributed by atoms with Gasteiger partial charge in [-0.3, -0.25) is 9.36 Å². The van der Waals surface area contributed by atoms with Gasteiger partial charge in [0, 0.05) is 29.8 Å². The Kier molecular flexibility index (Phi) is 4.66. The van der Waals surface area contributed by atoms with Gasteiger partial charge in [0.05, 0.1) is 6.10 Å². The molecule has 6 heteroatoms. The molecule has 3 rings (SSSR count). The number of nitrogens with zero attached hydrogens (tertiary/aromatic N) is 3. The van der Waals surface area contributed by atoms with Crippen LogP contribution in [-0.2, 0) is 4.74 Å². The zero-order valence-electron chi connectivity index (χ0n) is 14.4. The number of hydrogen-bond donors (Lipinski definition) is 1. The molecule has 24 heavy (non-hydrogen) atoms. The standard InChI is InChI=1S/C18H24N4O2/c1-4-18(5-2)15(10-16(18)24-3)21-17(23)13-6-8-14(9-7-13)22-11-19-20-12-22/h6-9,11-12,15-16H,4-5,10H2,1-3H3,(H,21,23)/t15-,16+/m0/s1. The van der Waals surface area contributed by atoms with Crippen LogP contribution in [0.25, 0.3) is 5.69 Å². The molecule has 1 saturated carbocycles. The van der Waals surface area contributed by atoms with E-state index in [2.05, 4.69) is 29.4 Å². The third kappa shape index (κ3) is 2.71. The fourth-order valence-electron chi connectivity index (χ4n) is 3.84. The molecule has 2 atom stereocenters. The fraction of sp³-hybridized carbons (Fsp3) is 0.500. The summed E-state index contributed by atoms with van der Waals surface area (Å²) in [4.78, 5) is 12.6. The van der Waals surface area contributed by atoms with Gasteiger partial charge in [0.25, 0.3) is 5.91 Å². The molecular weight excluding hydrogens is 304 g/mol. The van der Waals surface area contributed by atoms with Crippen molar-refractivity contribution in [2.45, 2.75) is 45.3 Å². The maximum Gasteiger partial charge on any atom is 0.251 e. The molecule has 0 spiro atoms. The normalized spacial score (nSPS) is 22.0. The highest BCUT2D eigenvalue weighted by atomic mass is 16.5. The van der Waals surface area contributed by atoms with Crippen LogP contribution in [-0.4, -0.2) is 39.9 Å². The van der Waals surface area contributed by atoms with E-state index < -0.39 is 0 Å². The average molecular weight is 328 g/mol. The molecule has 1 aliphatic rings. The van der Waals surface area contributed by atoms with Gasteiger partial charge >= 0.3 is 0 Å². The van der Waals surface area contributed by atoms with Crippen molar-refractivity contribution in [3.63, 3.8) is 0 Å². The first-order valence-electron chi connectivity index (χ1n) is 8.43. The monoisotopic (exact) mass is 328 g/mol. The second kappa shape index (κ2) is 6.73. The summed E-state index contributed by atoms with van der Waals surface area (Å²) in [6.07, 6.45) is 6.37. The molecule has 1 amide bonds. The molecule has 1 aliphatic carbocycles. The highest BCUT2D eigenvalue weighted by molar-refractivity contribution is 5.94. The zero-order chi connectivity index (χ0) is 17.2. The minimum Gasteiger partial charge on any atom is -0.381 e. The largest absolute Gasteiger partial charge is 0.381 e. The van der Waals surface area contributed by atoms with Gasteiger partial charge in [-0.2, -0.15) is 0 Å². The summed E-state index contributed by atoms with van der Waals surface area (Å²) in [5.74, 6) is -0.0314. The van der Waals surface area contributed by atoms with E-state index in [0.717, 1.165) is 24.9 Å². The Balaban J connectivity index is 1.69. The minimum atomic E-state index is -0.0314. The quantitative estimate of drug-likeness (QED) is 0.885. The lowest BCUT2D eigenvalue weighted by Crippen LogP contribution is -2.64. The lowest BCUT2D eigenvalue weighted by molar-refractivity contribution is -0.120.